The van der Waals surface area contributed by atoms with Crippen LogP contribution in [-0.2, 0) is 38.4 Å². The molecule has 300 valence electrons. The number of amides is 6. The zero-order valence-corrected chi connectivity index (χ0v) is 30.6. The van der Waals surface area contributed by atoms with Crippen LogP contribution in [0.5, 0.6) is 0 Å². The van der Waals surface area contributed by atoms with E-state index >= 15 is 0 Å². The standard InChI is InChI=1S/C32H57N11O10/c1-17(2)14-22(28(49)39-18(3)26(47)41-21(31(52)53)9-6-12-37-32(35)36)42-27(48)20(8-4-5-11-33)40-24(44)16-38-29(50)23-10-7-13-43(23)30(51)19(34)15-25(45)46/h17-23H,4-16,33-34H2,1-3H3,(H,38,50)(H,39,49)(H,40,44)(H,41,47)(H,42,48)(H,45,46)(H,52,53)(H4,35,36,37)/t18-,19-,20-,21-,22-,23-/m0/s1. The Labute approximate surface area is 308 Å². The number of likely N-dealkylation sites (tertiary alicyclic amines) is 1. The summed E-state index contributed by atoms with van der Waals surface area (Å²) < 4.78 is 0. The molecule has 53 heavy (non-hydrogen) atoms. The van der Waals surface area contributed by atoms with Crippen LogP contribution in [0.3, 0.4) is 0 Å². The van der Waals surface area contributed by atoms with Crippen LogP contribution >= 0.6 is 0 Å². The van der Waals surface area contributed by atoms with E-state index in [1.54, 1.807) is 0 Å². The number of nitrogens with zero attached hydrogens (tertiary/aromatic N) is 2. The lowest BCUT2D eigenvalue weighted by molar-refractivity contribution is -0.144. The summed E-state index contributed by atoms with van der Waals surface area (Å²) in [6.45, 7) is 5.10. The number of nitrogens with two attached hydrogens (primary N) is 4. The highest BCUT2D eigenvalue weighted by atomic mass is 16.4. The van der Waals surface area contributed by atoms with Crippen LogP contribution in [0.15, 0.2) is 4.99 Å². The molecular weight excluding hydrogens is 698 g/mol. The number of carbonyl (C=O) groups is 8. The van der Waals surface area contributed by atoms with E-state index in [1.807, 2.05) is 13.8 Å². The van der Waals surface area contributed by atoms with Crippen molar-refractivity contribution in [2.75, 3.05) is 26.2 Å². The molecule has 0 aromatic carbocycles. The van der Waals surface area contributed by atoms with Gasteiger partial charge in [0, 0.05) is 13.1 Å². The van der Waals surface area contributed by atoms with Gasteiger partial charge in [0.25, 0.3) is 0 Å². The number of carboxylic acid groups (broad SMARTS) is 2. The van der Waals surface area contributed by atoms with Gasteiger partial charge in [0.2, 0.25) is 35.4 Å². The highest BCUT2D eigenvalue weighted by molar-refractivity contribution is 5.96. The molecule has 1 fully saturated rings. The molecule has 0 bridgehead atoms. The second kappa shape index (κ2) is 23.5. The summed E-state index contributed by atoms with van der Waals surface area (Å²) in [4.78, 5) is 106. The third-order valence-electron chi connectivity index (χ3n) is 8.22. The number of hydrogen-bond acceptors (Lipinski definition) is 11. The maximum absolute atomic E-state index is 13.5. The van der Waals surface area contributed by atoms with Crippen molar-refractivity contribution in [3.8, 4) is 0 Å². The number of aliphatic carboxylic acids is 2. The van der Waals surface area contributed by atoms with E-state index < -0.39 is 96.6 Å². The van der Waals surface area contributed by atoms with Crippen molar-refractivity contribution >= 4 is 53.3 Å². The molecule has 1 heterocycles. The first-order valence-corrected chi connectivity index (χ1v) is 17.6. The largest absolute Gasteiger partial charge is 0.481 e. The van der Waals surface area contributed by atoms with E-state index in [-0.39, 0.29) is 57.1 Å². The van der Waals surface area contributed by atoms with Crippen LogP contribution in [-0.4, -0.2) is 131 Å². The van der Waals surface area contributed by atoms with E-state index in [0.717, 1.165) is 0 Å². The summed E-state index contributed by atoms with van der Waals surface area (Å²) in [7, 11) is 0. The van der Waals surface area contributed by atoms with Gasteiger partial charge < -0.3 is 64.6 Å². The topological polar surface area (TPSA) is 357 Å². The molecule has 21 nitrogen and oxygen atoms in total. The second-order valence-corrected chi connectivity index (χ2v) is 13.3. The molecule has 15 N–H and O–H groups in total. The molecule has 1 aliphatic heterocycles. The van der Waals surface area contributed by atoms with Gasteiger partial charge in [-0.15, -0.1) is 0 Å². The fraction of sp³-hybridized carbons (Fsp3) is 0.719. The average Bonchev–Trinajstić information content (AvgIpc) is 3.56. The van der Waals surface area contributed by atoms with Crippen LogP contribution < -0.4 is 49.5 Å². The van der Waals surface area contributed by atoms with Gasteiger partial charge in [0.1, 0.15) is 30.2 Å². The molecule has 6 atom stereocenters. The monoisotopic (exact) mass is 755 g/mol. The Kier molecular flexibility index (Phi) is 20.4. The first-order chi connectivity index (χ1) is 24.9. The molecule has 21 heteroatoms. The fourth-order valence-electron chi connectivity index (χ4n) is 5.50. The van der Waals surface area contributed by atoms with Gasteiger partial charge in [-0.25, -0.2) is 4.79 Å². The minimum Gasteiger partial charge on any atom is -0.481 e. The maximum Gasteiger partial charge on any atom is 0.326 e. The van der Waals surface area contributed by atoms with Gasteiger partial charge in [0.05, 0.1) is 19.0 Å². The van der Waals surface area contributed by atoms with Crippen molar-refractivity contribution < 1.29 is 48.6 Å². The Morgan fingerprint density at radius 2 is 1.45 bits per heavy atom. The minimum atomic E-state index is -1.33. The van der Waals surface area contributed by atoms with Crippen LogP contribution in [0.25, 0.3) is 0 Å². The molecule has 0 aliphatic carbocycles. The number of rotatable bonds is 24. The lowest BCUT2D eigenvalue weighted by Gasteiger charge is -2.27. The van der Waals surface area contributed by atoms with Crippen LogP contribution in [0.1, 0.15) is 78.6 Å². The summed E-state index contributed by atoms with van der Waals surface area (Å²) in [6, 6.07) is -7.02. The molecule has 0 saturated carbocycles. The number of carboxylic acids is 2. The molecular formula is C32H57N11O10. The van der Waals surface area contributed by atoms with Gasteiger partial charge >= 0.3 is 11.9 Å². The summed E-state index contributed by atoms with van der Waals surface area (Å²) in [5.41, 5.74) is 21.8. The van der Waals surface area contributed by atoms with Crippen molar-refractivity contribution in [3.05, 3.63) is 0 Å². The van der Waals surface area contributed by atoms with Crippen molar-refractivity contribution in [3.63, 3.8) is 0 Å². The van der Waals surface area contributed by atoms with Gasteiger partial charge in [-0.3, -0.25) is 38.6 Å². The minimum absolute atomic E-state index is 0.0213. The van der Waals surface area contributed by atoms with E-state index in [1.165, 1.54) is 11.8 Å². The SMILES string of the molecule is CC(C)C[C@H](NC(=O)[C@H](CCCCN)NC(=O)CNC(=O)[C@@H]1CCCN1C(=O)[C@@H](N)CC(=O)O)C(=O)N[C@@H](C)C(=O)N[C@@H](CCCN=C(N)N)C(=O)O. The lowest BCUT2D eigenvalue weighted by Crippen LogP contribution is -2.58. The molecule has 0 aromatic rings. The number of nitrogens with one attached hydrogen (secondary N) is 5. The van der Waals surface area contributed by atoms with Gasteiger partial charge in [-0.1, -0.05) is 13.8 Å². The van der Waals surface area contributed by atoms with Crippen LogP contribution in [0, 0.1) is 5.92 Å². The fourth-order valence-corrected chi connectivity index (χ4v) is 5.50. The highest BCUT2D eigenvalue weighted by Crippen LogP contribution is 2.19. The summed E-state index contributed by atoms with van der Waals surface area (Å²) >= 11 is 0. The molecule has 1 rings (SSSR count). The van der Waals surface area contributed by atoms with Gasteiger partial charge in [-0.05, 0) is 70.8 Å². The third-order valence-corrected chi connectivity index (χ3v) is 8.22. The van der Waals surface area contributed by atoms with Crippen LogP contribution in [0.2, 0.25) is 0 Å². The Morgan fingerprint density at radius 1 is 0.830 bits per heavy atom. The zero-order chi connectivity index (χ0) is 40.2. The van der Waals surface area contributed by atoms with Crippen molar-refractivity contribution in [1.29, 1.82) is 0 Å². The van der Waals surface area contributed by atoms with E-state index in [2.05, 4.69) is 31.6 Å². The maximum atomic E-state index is 13.5. The number of carbonyl (C=O) groups excluding carboxylic acids is 6. The van der Waals surface area contributed by atoms with Crippen molar-refractivity contribution in [2.24, 2.45) is 33.8 Å². The van der Waals surface area contributed by atoms with Crippen molar-refractivity contribution in [2.45, 2.75) is 115 Å². The summed E-state index contributed by atoms with van der Waals surface area (Å²) in [5.74, 6) is -7.07. The zero-order valence-electron chi connectivity index (χ0n) is 30.6. The highest BCUT2D eigenvalue weighted by Gasteiger charge is 2.37. The average molecular weight is 756 g/mol. The smallest absolute Gasteiger partial charge is 0.326 e. The van der Waals surface area contributed by atoms with E-state index in [4.69, 9.17) is 28.0 Å². The molecule has 0 aromatic heterocycles. The van der Waals surface area contributed by atoms with Gasteiger partial charge in [-0.2, -0.15) is 0 Å². The predicted octanol–water partition coefficient (Wildman–Crippen LogP) is -3.83. The third kappa shape index (κ3) is 17.3. The number of guanidine groups is 1. The lowest BCUT2D eigenvalue weighted by atomic mass is 10.0. The van der Waals surface area contributed by atoms with E-state index in [9.17, 15) is 43.5 Å². The molecule has 0 unspecified atom stereocenters. The molecule has 6 amide bonds. The second-order valence-electron chi connectivity index (χ2n) is 13.3. The van der Waals surface area contributed by atoms with Crippen molar-refractivity contribution in [1.82, 2.24) is 31.5 Å². The number of aliphatic imine (C=N–C) groups is 1. The number of hydrogen-bond donors (Lipinski definition) is 11. The van der Waals surface area contributed by atoms with Gasteiger partial charge in [0.15, 0.2) is 5.96 Å². The molecule has 0 spiro atoms. The Morgan fingerprint density at radius 3 is 2.04 bits per heavy atom. The van der Waals surface area contributed by atoms with E-state index in [0.29, 0.717) is 25.8 Å². The summed E-state index contributed by atoms with van der Waals surface area (Å²) in [5, 5.41) is 31.0. The first-order valence-electron chi connectivity index (χ1n) is 17.6. The first kappa shape index (κ1) is 46.0. The summed E-state index contributed by atoms with van der Waals surface area (Å²) in [6.07, 6.45) is 1.69. The Balaban J connectivity index is 2.92. The quantitative estimate of drug-likeness (QED) is 0.0256. The van der Waals surface area contributed by atoms with Crippen LogP contribution in [0.4, 0.5) is 0 Å². The molecule has 0 radical (unpaired) electrons. The molecule has 1 saturated heterocycles. The molecule has 1 aliphatic rings. The Hall–Kier alpha value is -5.05. The number of unbranched alkanes of at least 4 members (excludes halogenated alkanes) is 1. The predicted molar refractivity (Wildman–Crippen MR) is 191 cm³/mol. The normalized spacial score (nSPS) is 16.6. The Bertz CT molecular complexity index is 1320.